The summed E-state index contributed by atoms with van der Waals surface area (Å²) in [6, 6.07) is 10.4. The average Bonchev–Trinajstić information content (AvgIpc) is 3.14. The zero-order valence-corrected chi connectivity index (χ0v) is 18.1. The van der Waals surface area contributed by atoms with Crippen molar-refractivity contribution in [1.82, 2.24) is 19.0 Å². The van der Waals surface area contributed by atoms with Crippen molar-refractivity contribution in [2.75, 3.05) is 39.9 Å². The number of piperidine rings is 1. The Balaban J connectivity index is 1.54. The van der Waals surface area contributed by atoms with Crippen LogP contribution in [-0.2, 0) is 21.3 Å². The number of amides is 1. The lowest BCUT2D eigenvalue weighted by Gasteiger charge is -2.31. The van der Waals surface area contributed by atoms with E-state index in [9.17, 15) is 13.2 Å². The van der Waals surface area contributed by atoms with Gasteiger partial charge in [0.1, 0.15) is 5.69 Å². The van der Waals surface area contributed by atoms with Crippen LogP contribution >= 0.6 is 0 Å². The van der Waals surface area contributed by atoms with Crippen molar-refractivity contribution >= 4 is 15.9 Å². The number of carbonyl (C=O) groups is 1. The van der Waals surface area contributed by atoms with Crippen LogP contribution in [0.25, 0.3) is 0 Å². The lowest BCUT2D eigenvalue weighted by Crippen LogP contribution is -2.39. The first kappa shape index (κ1) is 21.0. The summed E-state index contributed by atoms with van der Waals surface area (Å²) in [5.41, 5.74) is 1.39. The van der Waals surface area contributed by atoms with E-state index < -0.39 is 10.0 Å². The maximum atomic E-state index is 13.0. The summed E-state index contributed by atoms with van der Waals surface area (Å²) >= 11 is 0. The Labute approximate surface area is 177 Å². The molecule has 2 aliphatic heterocycles. The van der Waals surface area contributed by atoms with Crippen LogP contribution in [0.5, 0.6) is 0 Å². The van der Waals surface area contributed by atoms with E-state index in [1.807, 2.05) is 12.1 Å². The van der Waals surface area contributed by atoms with Gasteiger partial charge in [0.25, 0.3) is 5.91 Å². The van der Waals surface area contributed by atoms with Crippen LogP contribution in [0.1, 0.15) is 41.4 Å². The summed E-state index contributed by atoms with van der Waals surface area (Å²) in [7, 11) is -1.90. The fourth-order valence-corrected chi connectivity index (χ4v) is 5.76. The van der Waals surface area contributed by atoms with Crippen LogP contribution in [0.3, 0.4) is 0 Å². The molecular weight excluding hydrogens is 404 g/mol. The van der Waals surface area contributed by atoms with E-state index in [1.165, 1.54) is 0 Å². The monoisotopic (exact) mass is 432 g/mol. The molecule has 0 bridgehead atoms. The number of benzene rings is 1. The zero-order chi connectivity index (χ0) is 21.1. The van der Waals surface area contributed by atoms with Crippen LogP contribution < -0.4 is 0 Å². The zero-order valence-electron chi connectivity index (χ0n) is 17.2. The first-order valence-electron chi connectivity index (χ1n) is 10.4. The number of sulfonamides is 1. The van der Waals surface area contributed by atoms with E-state index >= 15 is 0 Å². The first-order valence-corrected chi connectivity index (χ1v) is 11.9. The van der Waals surface area contributed by atoms with E-state index in [-0.39, 0.29) is 11.8 Å². The minimum absolute atomic E-state index is 0.0168. The number of rotatable bonds is 6. The van der Waals surface area contributed by atoms with Crippen LogP contribution in [0.15, 0.2) is 41.3 Å². The molecule has 1 amide bonds. The number of fused-ring (bicyclic) bond motifs is 1. The van der Waals surface area contributed by atoms with Gasteiger partial charge in [0.2, 0.25) is 10.0 Å². The summed E-state index contributed by atoms with van der Waals surface area (Å²) in [4.78, 5) is 15.1. The van der Waals surface area contributed by atoms with Gasteiger partial charge in [-0.3, -0.25) is 9.48 Å². The molecule has 1 fully saturated rings. The number of nitrogens with zero attached hydrogens (tertiary/aromatic N) is 4. The number of methoxy groups -OCH3 is 1. The molecule has 0 radical (unpaired) electrons. The Bertz CT molecular complexity index is 990. The van der Waals surface area contributed by atoms with Crippen LogP contribution in [0, 0.1) is 0 Å². The fourth-order valence-electron chi connectivity index (χ4n) is 4.21. The molecular formula is C21H28N4O4S. The van der Waals surface area contributed by atoms with Gasteiger partial charge in [0.15, 0.2) is 0 Å². The Morgan fingerprint density at radius 3 is 2.70 bits per heavy atom. The summed E-state index contributed by atoms with van der Waals surface area (Å²) in [6.45, 7) is 3.32. The van der Waals surface area contributed by atoms with Gasteiger partial charge in [-0.25, -0.2) is 8.42 Å². The van der Waals surface area contributed by atoms with E-state index in [1.54, 1.807) is 45.3 Å². The molecule has 2 aromatic rings. The molecule has 3 heterocycles. The van der Waals surface area contributed by atoms with Crippen molar-refractivity contribution in [1.29, 1.82) is 0 Å². The first-order chi connectivity index (χ1) is 14.5. The van der Waals surface area contributed by atoms with E-state index in [4.69, 9.17) is 9.84 Å². The second-order valence-corrected chi connectivity index (χ2v) is 9.77. The Hall–Kier alpha value is -2.23. The SMILES string of the molecule is COCCN1CCCn2nc(C3CCCN(S(=O)(=O)c4ccccc4)C3)cc2C1=O. The van der Waals surface area contributed by atoms with Crippen molar-refractivity contribution in [3.8, 4) is 0 Å². The minimum atomic E-state index is -3.53. The second kappa shape index (κ2) is 8.87. The van der Waals surface area contributed by atoms with Gasteiger partial charge in [-0.1, -0.05) is 18.2 Å². The number of ether oxygens (including phenoxy) is 1. The van der Waals surface area contributed by atoms with Gasteiger partial charge in [-0.05, 0) is 37.5 Å². The largest absolute Gasteiger partial charge is 0.383 e. The highest BCUT2D eigenvalue weighted by molar-refractivity contribution is 7.89. The van der Waals surface area contributed by atoms with Crippen molar-refractivity contribution in [3.05, 3.63) is 47.8 Å². The van der Waals surface area contributed by atoms with Crippen molar-refractivity contribution in [2.45, 2.75) is 36.6 Å². The van der Waals surface area contributed by atoms with Crippen LogP contribution in [0.4, 0.5) is 0 Å². The normalized spacial score (nSPS) is 20.8. The molecule has 1 aromatic heterocycles. The summed E-state index contributed by atoms with van der Waals surface area (Å²) in [6.07, 6.45) is 2.47. The van der Waals surface area contributed by atoms with Gasteiger partial charge in [0, 0.05) is 45.8 Å². The summed E-state index contributed by atoms with van der Waals surface area (Å²) < 4.78 is 34.5. The number of hydrogen-bond acceptors (Lipinski definition) is 5. The molecule has 2 aliphatic rings. The highest BCUT2D eigenvalue weighted by atomic mass is 32.2. The van der Waals surface area contributed by atoms with Gasteiger partial charge in [-0.15, -0.1) is 0 Å². The Morgan fingerprint density at radius 2 is 1.93 bits per heavy atom. The maximum Gasteiger partial charge on any atom is 0.272 e. The molecule has 1 aromatic carbocycles. The molecule has 8 nitrogen and oxygen atoms in total. The standard InChI is InChI=1S/C21H28N4O4S/c1-29-14-13-23-10-6-12-25-20(21(23)26)15-19(22-25)17-7-5-11-24(16-17)30(27,28)18-8-3-2-4-9-18/h2-4,8-9,15,17H,5-7,10-14,16H2,1H3. The second-order valence-electron chi connectivity index (χ2n) is 7.83. The van der Waals surface area contributed by atoms with Crippen molar-refractivity contribution in [3.63, 3.8) is 0 Å². The van der Waals surface area contributed by atoms with Crippen molar-refractivity contribution in [2.24, 2.45) is 0 Å². The van der Waals surface area contributed by atoms with Gasteiger partial charge >= 0.3 is 0 Å². The fraction of sp³-hybridized carbons (Fsp3) is 0.524. The molecule has 162 valence electrons. The van der Waals surface area contributed by atoms with Gasteiger partial charge in [-0.2, -0.15) is 9.40 Å². The molecule has 1 saturated heterocycles. The molecule has 1 unspecified atom stereocenters. The lowest BCUT2D eigenvalue weighted by molar-refractivity contribution is 0.0698. The maximum absolute atomic E-state index is 13.0. The third kappa shape index (κ3) is 4.14. The molecule has 0 N–H and O–H groups in total. The quantitative estimate of drug-likeness (QED) is 0.697. The highest BCUT2D eigenvalue weighted by Crippen LogP contribution is 2.30. The molecule has 30 heavy (non-hydrogen) atoms. The lowest BCUT2D eigenvalue weighted by atomic mass is 9.96. The van der Waals surface area contributed by atoms with Gasteiger partial charge < -0.3 is 9.64 Å². The van der Waals surface area contributed by atoms with E-state index in [0.29, 0.717) is 49.9 Å². The summed E-state index contributed by atoms with van der Waals surface area (Å²) in [5.74, 6) is -0.0511. The molecule has 1 atom stereocenters. The van der Waals surface area contributed by atoms with Crippen LogP contribution in [0.2, 0.25) is 0 Å². The Morgan fingerprint density at radius 1 is 1.13 bits per heavy atom. The number of aromatic nitrogens is 2. The summed E-state index contributed by atoms with van der Waals surface area (Å²) in [5, 5.41) is 4.71. The molecule has 4 rings (SSSR count). The predicted octanol–water partition coefficient (Wildman–Crippen LogP) is 1.94. The predicted molar refractivity (Wildman–Crippen MR) is 112 cm³/mol. The topological polar surface area (TPSA) is 84.7 Å². The highest BCUT2D eigenvalue weighted by Gasteiger charge is 2.33. The Kier molecular flexibility index (Phi) is 6.21. The molecule has 0 saturated carbocycles. The molecule has 0 spiro atoms. The molecule has 9 heteroatoms. The number of hydrogen-bond donors (Lipinski definition) is 0. The van der Waals surface area contributed by atoms with E-state index in [0.717, 1.165) is 25.0 Å². The molecule has 0 aliphatic carbocycles. The van der Waals surface area contributed by atoms with Crippen molar-refractivity contribution < 1.29 is 17.9 Å². The van der Waals surface area contributed by atoms with Gasteiger partial charge in [0.05, 0.1) is 17.2 Å². The third-order valence-corrected chi connectivity index (χ3v) is 7.73. The average molecular weight is 433 g/mol. The number of aryl methyl sites for hydroxylation is 1. The van der Waals surface area contributed by atoms with E-state index in [2.05, 4.69) is 0 Å². The third-order valence-electron chi connectivity index (χ3n) is 5.85. The van der Waals surface area contributed by atoms with Crippen LogP contribution in [-0.4, -0.2) is 73.2 Å². The minimum Gasteiger partial charge on any atom is -0.383 e. The number of carbonyl (C=O) groups excluding carboxylic acids is 1. The smallest absolute Gasteiger partial charge is 0.272 e.